The van der Waals surface area contributed by atoms with Crippen molar-refractivity contribution in [2.24, 2.45) is 11.1 Å². The topological polar surface area (TPSA) is 68.8 Å². The van der Waals surface area contributed by atoms with Crippen LogP contribution in [0, 0.1) is 5.41 Å². The number of hydrogen-bond donors (Lipinski definition) is 2. The van der Waals surface area contributed by atoms with E-state index in [1.807, 2.05) is 29.8 Å². The van der Waals surface area contributed by atoms with Gasteiger partial charge in [-0.15, -0.1) is 11.3 Å². The molecule has 0 saturated heterocycles. The van der Waals surface area contributed by atoms with Gasteiger partial charge < -0.3 is 15.6 Å². The molecular weight excluding hydrogens is 373 g/mol. The molecule has 3 rings (SSSR count). The van der Waals surface area contributed by atoms with Crippen molar-refractivity contribution in [2.75, 3.05) is 13.1 Å². The number of nitrogens with two attached hydrogens (primary N) is 1. The Hall–Kier alpha value is -2.09. The first-order valence-electron chi connectivity index (χ1n) is 9.47. The van der Waals surface area contributed by atoms with Crippen LogP contribution >= 0.6 is 11.3 Å². The van der Waals surface area contributed by atoms with Gasteiger partial charge in [0.15, 0.2) is 0 Å². The molecule has 0 radical (unpaired) electrons. The molecule has 3 aromatic rings. The van der Waals surface area contributed by atoms with E-state index in [9.17, 15) is 4.39 Å². The molecule has 0 saturated carbocycles. The van der Waals surface area contributed by atoms with Crippen LogP contribution in [0.2, 0.25) is 0 Å². The van der Waals surface area contributed by atoms with Gasteiger partial charge in [0.2, 0.25) is 0 Å². The van der Waals surface area contributed by atoms with Crippen LogP contribution in [0.4, 0.5) is 4.39 Å². The van der Waals surface area contributed by atoms with Crippen molar-refractivity contribution in [1.82, 2.24) is 19.9 Å². The van der Waals surface area contributed by atoms with E-state index in [1.54, 1.807) is 17.5 Å². The molecule has 2 heterocycles. The van der Waals surface area contributed by atoms with Gasteiger partial charge >= 0.3 is 0 Å². The number of nitrogens with one attached hydrogen (secondary N) is 1. The van der Waals surface area contributed by atoms with Crippen LogP contribution in [-0.2, 0) is 6.54 Å². The van der Waals surface area contributed by atoms with E-state index in [0.717, 1.165) is 16.5 Å². The Bertz CT molecular complexity index is 855. The van der Waals surface area contributed by atoms with Gasteiger partial charge in [0.05, 0.1) is 6.04 Å². The lowest BCUT2D eigenvalue weighted by molar-refractivity contribution is 0.227. The highest BCUT2D eigenvalue weighted by Gasteiger charge is 2.31. The van der Waals surface area contributed by atoms with Gasteiger partial charge in [0.25, 0.3) is 0 Å². The largest absolute Gasteiger partial charge is 0.328 e. The van der Waals surface area contributed by atoms with Gasteiger partial charge in [0, 0.05) is 37.4 Å². The molecule has 0 amide bonds. The van der Waals surface area contributed by atoms with E-state index < -0.39 is 6.17 Å². The van der Waals surface area contributed by atoms with Crippen molar-refractivity contribution in [3.05, 3.63) is 59.5 Å². The maximum absolute atomic E-state index is 13.8. The monoisotopic (exact) mass is 401 g/mol. The van der Waals surface area contributed by atoms with Crippen LogP contribution < -0.4 is 11.1 Å². The summed E-state index contributed by atoms with van der Waals surface area (Å²) in [7, 11) is 0. The Morgan fingerprint density at radius 2 is 2.00 bits per heavy atom. The molecular formula is C21H28FN5S. The number of halogens is 1. The lowest BCUT2D eigenvalue weighted by atomic mass is 9.86. The first-order chi connectivity index (χ1) is 13.4. The smallest absolute Gasteiger partial charge is 0.143 e. The molecule has 0 aliphatic heterocycles. The summed E-state index contributed by atoms with van der Waals surface area (Å²) in [5.41, 5.74) is 7.33. The Morgan fingerprint density at radius 3 is 2.61 bits per heavy atom. The zero-order chi connectivity index (χ0) is 20.1. The molecule has 0 aliphatic rings. The third kappa shape index (κ3) is 5.04. The molecule has 0 bridgehead atoms. The first-order valence-corrected chi connectivity index (χ1v) is 10.3. The molecule has 150 valence electrons. The third-order valence-corrected chi connectivity index (χ3v) is 5.37. The number of rotatable bonds is 8. The van der Waals surface area contributed by atoms with E-state index in [1.165, 1.54) is 5.56 Å². The predicted octanol–water partition coefficient (Wildman–Crippen LogP) is 4.03. The summed E-state index contributed by atoms with van der Waals surface area (Å²) in [5.74, 6) is 0.880. The lowest BCUT2D eigenvalue weighted by Crippen LogP contribution is -2.39. The second-order valence-corrected chi connectivity index (χ2v) is 8.87. The minimum atomic E-state index is -1.08. The highest BCUT2D eigenvalue weighted by Crippen LogP contribution is 2.34. The number of aromatic nitrogens is 3. The van der Waals surface area contributed by atoms with Crippen molar-refractivity contribution >= 4 is 11.3 Å². The number of imidazole rings is 1. The van der Waals surface area contributed by atoms with E-state index in [-0.39, 0.29) is 24.5 Å². The lowest BCUT2D eigenvalue weighted by Gasteiger charge is -2.32. The molecule has 5 nitrogen and oxygen atoms in total. The van der Waals surface area contributed by atoms with Crippen molar-refractivity contribution in [3.8, 4) is 10.7 Å². The van der Waals surface area contributed by atoms with Crippen LogP contribution in [0.1, 0.15) is 38.2 Å². The minimum Gasteiger partial charge on any atom is -0.328 e. The average Bonchev–Trinajstić information content (AvgIpc) is 3.32. The highest BCUT2D eigenvalue weighted by molar-refractivity contribution is 7.13. The van der Waals surface area contributed by atoms with E-state index >= 15 is 0 Å². The summed E-state index contributed by atoms with van der Waals surface area (Å²) < 4.78 is 16.0. The Balaban J connectivity index is 1.99. The van der Waals surface area contributed by atoms with Crippen molar-refractivity contribution in [2.45, 2.75) is 39.5 Å². The van der Waals surface area contributed by atoms with E-state index in [2.05, 4.69) is 47.8 Å². The quantitative estimate of drug-likeness (QED) is 0.598. The highest BCUT2D eigenvalue weighted by atomic mass is 32.1. The SMILES string of the molecule is CC(C)(C)[C@@H](NC[C@H](F)CN)c1nc(-c2nccs2)cn1Cc1ccccc1. The molecule has 1 aromatic carbocycles. The molecule has 0 spiro atoms. The maximum atomic E-state index is 13.8. The number of alkyl halides is 1. The fraction of sp³-hybridized carbons (Fsp3) is 0.429. The van der Waals surface area contributed by atoms with Crippen LogP contribution in [0.5, 0.6) is 0 Å². The van der Waals surface area contributed by atoms with E-state index in [4.69, 9.17) is 10.7 Å². The number of hydrogen-bond acceptors (Lipinski definition) is 5. The summed E-state index contributed by atoms with van der Waals surface area (Å²) in [6.07, 6.45) is 2.74. The molecule has 2 atom stereocenters. The van der Waals surface area contributed by atoms with Crippen LogP contribution in [-0.4, -0.2) is 33.8 Å². The van der Waals surface area contributed by atoms with Crippen LogP contribution in [0.15, 0.2) is 48.1 Å². The summed E-state index contributed by atoms with van der Waals surface area (Å²) in [5, 5.41) is 6.18. The Labute approximate surface area is 169 Å². The van der Waals surface area contributed by atoms with Gasteiger partial charge in [-0.25, -0.2) is 14.4 Å². The Kier molecular flexibility index (Phi) is 6.59. The van der Waals surface area contributed by atoms with Gasteiger partial charge in [0.1, 0.15) is 22.7 Å². The summed E-state index contributed by atoms with van der Waals surface area (Å²) in [4.78, 5) is 9.32. The molecule has 28 heavy (non-hydrogen) atoms. The zero-order valence-electron chi connectivity index (χ0n) is 16.6. The number of benzene rings is 1. The summed E-state index contributed by atoms with van der Waals surface area (Å²) in [6.45, 7) is 7.29. The second kappa shape index (κ2) is 8.94. The average molecular weight is 402 g/mol. The molecule has 0 aliphatic carbocycles. The van der Waals surface area contributed by atoms with Crippen LogP contribution in [0.3, 0.4) is 0 Å². The van der Waals surface area contributed by atoms with E-state index in [0.29, 0.717) is 6.54 Å². The predicted molar refractivity (Wildman–Crippen MR) is 113 cm³/mol. The molecule has 0 fully saturated rings. The van der Waals surface area contributed by atoms with Gasteiger partial charge in [-0.05, 0) is 11.0 Å². The van der Waals surface area contributed by atoms with Crippen molar-refractivity contribution < 1.29 is 4.39 Å². The minimum absolute atomic E-state index is 0.00663. The zero-order valence-corrected chi connectivity index (χ0v) is 17.4. The number of nitrogens with zero attached hydrogens (tertiary/aromatic N) is 3. The fourth-order valence-corrected chi connectivity index (χ4v) is 3.73. The maximum Gasteiger partial charge on any atom is 0.143 e. The van der Waals surface area contributed by atoms with Gasteiger partial charge in [-0.1, -0.05) is 51.1 Å². The molecule has 7 heteroatoms. The van der Waals surface area contributed by atoms with Crippen molar-refractivity contribution in [1.29, 1.82) is 0 Å². The summed E-state index contributed by atoms with van der Waals surface area (Å²) >= 11 is 1.56. The number of thiazole rings is 1. The van der Waals surface area contributed by atoms with Crippen LogP contribution in [0.25, 0.3) is 10.7 Å². The van der Waals surface area contributed by atoms with Gasteiger partial charge in [-0.3, -0.25) is 0 Å². The first kappa shape index (κ1) is 20.6. The van der Waals surface area contributed by atoms with Crippen molar-refractivity contribution in [3.63, 3.8) is 0 Å². The molecule has 2 aromatic heterocycles. The molecule has 3 N–H and O–H groups in total. The second-order valence-electron chi connectivity index (χ2n) is 7.98. The fourth-order valence-electron chi connectivity index (χ4n) is 3.13. The standard InChI is InChI=1S/C21H28FN5S/c1-21(2,3)18(25-12-16(22)11-23)19-26-17(20-24-9-10-28-20)14-27(19)13-15-7-5-4-6-8-15/h4-10,14,16,18,25H,11-13,23H2,1-3H3/t16-,18+/m1/s1. The Morgan fingerprint density at radius 1 is 1.25 bits per heavy atom. The summed E-state index contributed by atoms with van der Waals surface area (Å²) in [6, 6.07) is 10.1. The normalized spacial score (nSPS) is 14.2. The van der Waals surface area contributed by atoms with Gasteiger partial charge in [-0.2, -0.15) is 0 Å². The molecule has 0 unspecified atom stereocenters. The third-order valence-electron chi connectivity index (χ3n) is 4.58.